The van der Waals surface area contributed by atoms with E-state index in [0.717, 1.165) is 0 Å². The first kappa shape index (κ1) is 20.4. The summed E-state index contributed by atoms with van der Waals surface area (Å²) in [7, 11) is 4.32. The van der Waals surface area contributed by atoms with Crippen molar-refractivity contribution in [3.63, 3.8) is 0 Å². The van der Waals surface area contributed by atoms with E-state index in [1.807, 2.05) is 0 Å². The Morgan fingerprint density at radius 1 is 1.19 bits per heavy atom. The van der Waals surface area contributed by atoms with Crippen LogP contribution in [0.3, 0.4) is 0 Å². The topological polar surface area (TPSA) is 78.9 Å². The van der Waals surface area contributed by atoms with E-state index >= 15 is 0 Å². The predicted molar refractivity (Wildman–Crippen MR) is 100 cm³/mol. The molecular weight excluding hydrogens is 348 g/mol. The highest BCUT2D eigenvalue weighted by molar-refractivity contribution is 6.13. The maximum absolute atomic E-state index is 13.2. The summed E-state index contributed by atoms with van der Waals surface area (Å²) < 4.78 is 15.5. The van der Waals surface area contributed by atoms with Gasteiger partial charge in [-0.25, -0.2) is 0 Å². The fraction of sp³-hybridized carbons (Fsp3) is 0.381. The van der Waals surface area contributed by atoms with E-state index in [1.54, 1.807) is 31.2 Å². The second kappa shape index (κ2) is 8.20. The number of carbonyl (C=O) groups excluding carboxylic acids is 3. The van der Waals surface area contributed by atoms with Crippen LogP contribution in [0.4, 0.5) is 0 Å². The second-order valence-corrected chi connectivity index (χ2v) is 6.49. The molecule has 0 spiro atoms. The number of methoxy groups -OCH3 is 3. The van der Waals surface area contributed by atoms with Gasteiger partial charge in [-0.3, -0.25) is 14.4 Å². The number of ether oxygens (including phenoxy) is 3. The first-order chi connectivity index (χ1) is 12.8. The van der Waals surface area contributed by atoms with Crippen molar-refractivity contribution in [2.45, 2.75) is 19.8 Å². The molecule has 0 unspecified atom stereocenters. The number of allylic oxidation sites excluding steroid dienone is 3. The van der Waals surface area contributed by atoms with Crippen LogP contribution in [0.25, 0.3) is 0 Å². The van der Waals surface area contributed by atoms with Gasteiger partial charge in [0.25, 0.3) is 0 Å². The van der Waals surface area contributed by atoms with E-state index < -0.39 is 11.3 Å². The third-order valence-electron chi connectivity index (χ3n) is 5.08. The number of ketones is 3. The standard InChI is InChI=1S/C21H24O6/c1-6-9-21(12-15(22)11-18(27-5)20(21)24)13(2)19(23)14-7-8-16(25-3)17(10-14)26-4/h6-8,10-11,13H,1,9,12H2,2-5H3/t13-,21-/m1/s1. The molecule has 0 bridgehead atoms. The van der Waals surface area contributed by atoms with Crippen molar-refractivity contribution in [1.82, 2.24) is 0 Å². The minimum Gasteiger partial charge on any atom is -0.493 e. The van der Waals surface area contributed by atoms with Gasteiger partial charge in [0.15, 0.2) is 28.8 Å². The summed E-state index contributed by atoms with van der Waals surface area (Å²) in [4.78, 5) is 38.4. The molecule has 1 aromatic rings. The molecule has 2 atom stereocenters. The molecule has 0 aliphatic heterocycles. The fourth-order valence-electron chi connectivity index (χ4n) is 3.49. The number of hydrogen-bond acceptors (Lipinski definition) is 6. The monoisotopic (exact) mass is 372 g/mol. The van der Waals surface area contributed by atoms with Crippen molar-refractivity contribution in [3.8, 4) is 11.5 Å². The molecule has 0 aromatic heterocycles. The van der Waals surface area contributed by atoms with Crippen molar-refractivity contribution < 1.29 is 28.6 Å². The van der Waals surface area contributed by atoms with E-state index in [1.165, 1.54) is 27.4 Å². The summed E-state index contributed by atoms with van der Waals surface area (Å²) in [6.45, 7) is 5.36. The minimum absolute atomic E-state index is 0.0277. The Hall–Kier alpha value is -2.89. The Kier molecular flexibility index (Phi) is 6.20. The highest BCUT2D eigenvalue weighted by Gasteiger charge is 2.50. The Labute approximate surface area is 158 Å². The first-order valence-electron chi connectivity index (χ1n) is 8.55. The molecule has 0 fully saturated rings. The number of benzene rings is 1. The molecule has 144 valence electrons. The van der Waals surface area contributed by atoms with E-state index in [2.05, 4.69) is 6.58 Å². The van der Waals surface area contributed by atoms with E-state index in [-0.39, 0.29) is 36.0 Å². The molecule has 0 saturated carbocycles. The fourth-order valence-corrected chi connectivity index (χ4v) is 3.49. The number of carbonyl (C=O) groups is 3. The Balaban J connectivity index is 2.48. The summed E-state index contributed by atoms with van der Waals surface area (Å²) in [6.07, 6.45) is 2.88. The lowest BCUT2D eigenvalue weighted by molar-refractivity contribution is -0.136. The smallest absolute Gasteiger partial charge is 0.205 e. The van der Waals surface area contributed by atoms with Crippen LogP contribution < -0.4 is 9.47 Å². The van der Waals surface area contributed by atoms with Gasteiger partial charge in [0.2, 0.25) is 5.78 Å². The zero-order valence-corrected chi connectivity index (χ0v) is 16.0. The van der Waals surface area contributed by atoms with Crippen molar-refractivity contribution in [2.75, 3.05) is 21.3 Å². The van der Waals surface area contributed by atoms with Crippen LogP contribution in [0, 0.1) is 11.3 Å². The van der Waals surface area contributed by atoms with Crippen LogP contribution in [0.15, 0.2) is 42.7 Å². The highest BCUT2D eigenvalue weighted by atomic mass is 16.5. The van der Waals surface area contributed by atoms with Gasteiger partial charge in [-0.05, 0) is 24.6 Å². The third-order valence-corrected chi connectivity index (χ3v) is 5.08. The number of rotatable bonds is 8. The lowest BCUT2D eigenvalue weighted by Crippen LogP contribution is -2.46. The normalized spacial score (nSPS) is 20.5. The van der Waals surface area contributed by atoms with Gasteiger partial charge >= 0.3 is 0 Å². The van der Waals surface area contributed by atoms with Crippen molar-refractivity contribution >= 4 is 17.3 Å². The zero-order chi connectivity index (χ0) is 20.2. The third kappa shape index (κ3) is 3.65. The Morgan fingerprint density at radius 3 is 2.41 bits per heavy atom. The Morgan fingerprint density at radius 2 is 1.85 bits per heavy atom. The average molecular weight is 372 g/mol. The lowest BCUT2D eigenvalue weighted by Gasteiger charge is -2.38. The van der Waals surface area contributed by atoms with E-state index in [0.29, 0.717) is 17.1 Å². The van der Waals surface area contributed by atoms with Crippen LogP contribution in [-0.4, -0.2) is 38.7 Å². The summed E-state index contributed by atoms with van der Waals surface area (Å²) in [5.74, 6) is -0.751. The largest absolute Gasteiger partial charge is 0.493 e. The quantitative estimate of drug-likeness (QED) is 0.515. The number of hydrogen-bond donors (Lipinski definition) is 0. The molecule has 0 heterocycles. The molecular formula is C21H24O6. The van der Waals surface area contributed by atoms with Crippen molar-refractivity contribution in [2.24, 2.45) is 11.3 Å². The molecule has 1 aliphatic rings. The average Bonchev–Trinajstić information content (AvgIpc) is 2.68. The molecule has 27 heavy (non-hydrogen) atoms. The van der Waals surface area contributed by atoms with Gasteiger partial charge in [0.1, 0.15) is 0 Å². The van der Waals surface area contributed by atoms with Gasteiger partial charge in [-0.15, -0.1) is 6.58 Å². The van der Waals surface area contributed by atoms with E-state index in [4.69, 9.17) is 14.2 Å². The predicted octanol–water partition coefficient (Wildman–Crippen LogP) is 3.16. The second-order valence-electron chi connectivity index (χ2n) is 6.49. The molecule has 6 heteroatoms. The van der Waals surface area contributed by atoms with Crippen LogP contribution in [-0.2, 0) is 14.3 Å². The molecule has 2 rings (SSSR count). The summed E-state index contributed by atoms with van der Waals surface area (Å²) >= 11 is 0. The molecule has 6 nitrogen and oxygen atoms in total. The van der Waals surface area contributed by atoms with Crippen molar-refractivity contribution in [3.05, 3.63) is 48.3 Å². The summed E-state index contributed by atoms with van der Waals surface area (Å²) in [5.41, 5.74) is -0.847. The van der Waals surface area contributed by atoms with Crippen LogP contribution >= 0.6 is 0 Å². The molecule has 0 saturated heterocycles. The number of Topliss-reactive ketones (excluding diaryl/α,β-unsaturated/α-hetero) is 2. The van der Waals surface area contributed by atoms with Gasteiger partial charge in [-0.2, -0.15) is 0 Å². The summed E-state index contributed by atoms with van der Waals surface area (Å²) in [6, 6.07) is 4.82. The van der Waals surface area contributed by atoms with Crippen LogP contribution in [0.2, 0.25) is 0 Å². The van der Waals surface area contributed by atoms with Crippen LogP contribution in [0.5, 0.6) is 11.5 Å². The van der Waals surface area contributed by atoms with Gasteiger partial charge < -0.3 is 14.2 Å². The maximum Gasteiger partial charge on any atom is 0.205 e. The Bertz CT molecular complexity index is 807. The first-order valence-corrected chi connectivity index (χ1v) is 8.55. The molecule has 0 N–H and O–H groups in total. The molecule has 1 aliphatic carbocycles. The summed E-state index contributed by atoms with van der Waals surface area (Å²) in [5, 5.41) is 0. The minimum atomic E-state index is -1.22. The molecule has 1 aromatic carbocycles. The molecule has 0 radical (unpaired) electrons. The van der Waals surface area contributed by atoms with Crippen molar-refractivity contribution in [1.29, 1.82) is 0 Å². The van der Waals surface area contributed by atoms with Gasteiger partial charge in [-0.1, -0.05) is 13.0 Å². The zero-order valence-electron chi connectivity index (χ0n) is 16.0. The highest BCUT2D eigenvalue weighted by Crippen LogP contribution is 2.44. The molecule has 0 amide bonds. The van der Waals surface area contributed by atoms with Gasteiger partial charge in [0.05, 0.1) is 26.7 Å². The maximum atomic E-state index is 13.2. The SMILES string of the molecule is C=CC[C@]1([C@H](C)C(=O)c2ccc(OC)c(OC)c2)CC(=O)C=C(OC)C1=O. The van der Waals surface area contributed by atoms with Gasteiger partial charge in [0, 0.05) is 24.0 Å². The lowest BCUT2D eigenvalue weighted by atomic mass is 9.63. The van der Waals surface area contributed by atoms with Crippen LogP contribution in [0.1, 0.15) is 30.1 Å². The van der Waals surface area contributed by atoms with E-state index in [9.17, 15) is 14.4 Å².